The van der Waals surface area contributed by atoms with Crippen molar-refractivity contribution in [3.8, 4) is 11.1 Å². The molecule has 0 unspecified atom stereocenters. The van der Waals surface area contributed by atoms with E-state index in [1.54, 1.807) is 12.3 Å². The maximum absolute atomic E-state index is 13.6. The molecule has 0 saturated heterocycles. The van der Waals surface area contributed by atoms with Gasteiger partial charge in [0.25, 0.3) is 5.91 Å². The summed E-state index contributed by atoms with van der Waals surface area (Å²) in [5, 5.41) is 2.83. The zero-order valence-corrected chi connectivity index (χ0v) is 13.0. The van der Waals surface area contributed by atoms with Gasteiger partial charge in [0.05, 0.1) is 11.3 Å². The highest BCUT2D eigenvalue weighted by atomic mass is 19.1. The van der Waals surface area contributed by atoms with Gasteiger partial charge >= 0.3 is 0 Å². The van der Waals surface area contributed by atoms with Gasteiger partial charge in [0, 0.05) is 25.0 Å². The number of benzene rings is 2. The molecule has 0 aliphatic carbocycles. The summed E-state index contributed by atoms with van der Waals surface area (Å²) in [5.41, 5.74) is 3.63. The Balaban J connectivity index is 1.98. The van der Waals surface area contributed by atoms with Crippen LogP contribution in [-0.2, 0) is 7.05 Å². The largest absolute Gasteiger partial charge is 0.356 e. The number of nitrogens with one attached hydrogen (secondary N) is 1. The molecule has 0 aliphatic heterocycles. The number of nitrogens with zero attached hydrogens (tertiary/aromatic N) is 1. The Labute approximate surface area is 134 Å². The predicted octanol–water partition coefficient (Wildman–Crippen LogP) is 4.39. The molecule has 3 aromatic rings. The fourth-order valence-corrected chi connectivity index (χ4v) is 2.63. The van der Waals surface area contributed by atoms with Crippen LogP contribution >= 0.6 is 0 Å². The Kier molecular flexibility index (Phi) is 3.98. The lowest BCUT2D eigenvalue weighted by atomic mass is 10.0. The maximum atomic E-state index is 13.6. The molecule has 1 N–H and O–H groups in total. The monoisotopic (exact) mass is 308 g/mol. The van der Waals surface area contributed by atoms with Gasteiger partial charge in [-0.2, -0.15) is 0 Å². The summed E-state index contributed by atoms with van der Waals surface area (Å²) < 4.78 is 15.5. The van der Waals surface area contributed by atoms with Crippen molar-refractivity contribution in [3.05, 3.63) is 77.9 Å². The molecule has 2 aromatic carbocycles. The standard InChI is InChI=1S/C19H17FN2O/c1-13-11-22(2)12-17(13)19(23)21-18-10-15(20)8-9-16(18)14-6-4-3-5-7-14/h3-12H,1-2H3,(H,21,23). The van der Waals surface area contributed by atoms with E-state index in [9.17, 15) is 9.18 Å². The van der Waals surface area contributed by atoms with E-state index in [0.717, 1.165) is 16.7 Å². The van der Waals surface area contributed by atoms with Gasteiger partial charge in [-0.05, 0) is 36.2 Å². The van der Waals surface area contributed by atoms with Gasteiger partial charge < -0.3 is 9.88 Å². The molecule has 23 heavy (non-hydrogen) atoms. The second kappa shape index (κ2) is 6.08. The molecule has 0 aliphatic rings. The lowest BCUT2D eigenvalue weighted by Gasteiger charge is -2.11. The van der Waals surface area contributed by atoms with E-state index in [1.165, 1.54) is 12.1 Å². The maximum Gasteiger partial charge on any atom is 0.257 e. The summed E-state index contributed by atoms with van der Waals surface area (Å²) in [4.78, 5) is 12.5. The van der Waals surface area contributed by atoms with Crippen LogP contribution in [0, 0.1) is 12.7 Å². The van der Waals surface area contributed by atoms with Crippen molar-refractivity contribution in [3.63, 3.8) is 0 Å². The molecule has 0 atom stereocenters. The first-order valence-corrected chi connectivity index (χ1v) is 7.33. The third-order valence-corrected chi connectivity index (χ3v) is 3.71. The summed E-state index contributed by atoms with van der Waals surface area (Å²) in [6.07, 6.45) is 3.63. The fourth-order valence-electron chi connectivity index (χ4n) is 2.63. The summed E-state index contributed by atoms with van der Waals surface area (Å²) in [6.45, 7) is 1.87. The SMILES string of the molecule is Cc1cn(C)cc1C(=O)Nc1cc(F)ccc1-c1ccccc1. The van der Waals surface area contributed by atoms with Crippen LogP contribution < -0.4 is 5.32 Å². The van der Waals surface area contributed by atoms with Gasteiger partial charge in [0.15, 0.2) is 0 Å². The second-order valence-corrected chi connectivity index (χ2v) is 5.53. The van der Waals surface area contributed by atoms with Crippen LogP contribution in [0.25, 0.3) is 11.1 Å². The topological polar surface area (TPSA) is 34.0 Å². The molecule has 1 heterocycles. The number of amides is 1. The quantitative estimate of drug-likeness (QED) is 0.765. The molecular weight excluding hydrogens is 291 g/mol. The van der Waals surface area contributed by atoms with E-state index < -0.39 is 0 Å². The van der Waals surface area contributed by atoms with Crippen molar-refractivity contribution in [2.24, 2.45) is 7.05 Å². The van der Waals surface area contributed by atoms with Gasteiger partial charge in [0.1, 0.15) is 5.82 Å². The van der Waals surface area contributed by atoms with Crippen molar-refractivity contribution in [1.29, 1.82) is 0 Å². The van der Waals surface area contributed by atoms with Crippen LogP contribution in [-0.4, -0.2) is 10.5 Å². The van der Waals surface area contributed by atoms with Crippen molar-refractivity contribution in [2.45, 2.75) is 6.92 Å². The van der Waals surface area contributed by atoms with Gasteiger partial charge in [-0.1, -0.05) is 30.3 Å². The van der Waals surface area contributed by atoms with Crippen molar-refractivity contribution in [1.82, 2.24) is 4.57 Å². The molecule has 0 radical (unpaired) electrons. The predicted molar refractivity (Wildman–Crippen MR) is 89.9 cm³/mol. The van der Waals surface area contributed by atoms with E-state index in [1.807, 2.05) is 55.1 Å². The van der Waals surface area contributed by atoms with E-state index >= 15 is 0 Å². The van der Waals surface area contributed by atoms with Crippen molar-refractivity contribution in [2.75, 3.05) is 5.32 Å². The first-order chi connectivity index (χ1) is 11.0. The summed E-state index contributed by atoms with van der Waals surface area (Å²) in [5.74, 6) is -0.629. The molecule has 116 valence electrons. The Bertz CT molecular complexity index is 853. The number of halogens is 1. The van der Waals surface area contributed by atoms with E-state index in [4.69, 9.17) is 0 Å². The molecule has 0 spiro atoms. The van der Waals surface area contributed by atoms with E-state index in [0.29, 0.717) is 11.3 Å². The van der Waals surface area contributed by atoms with Crippen LogP contribution in [0.5, 0.6) is 0 Å². The van der Waals surface area contributed by atoms with Crippen molar-refractivity contribution < 1.29 is 9.18 Å². The van der Waals surface area contributed by atoms with Crippen LogP contribution in [0.15, 0.2) is 60.9 Å². The van der Waals surface area contributed by atoms with Crippen LogP contribution in [0.1, 0.15) is 15.9 Å². The Morgan fingerprint density at radius 3 is 2.48 bits per heavy atom. The molecule has 3 nitrogen and oxygen atoms in total. The lowest BCUT2D eigenvalue weighted by molar-refractivity contribution is 0.102. The smallest absolute Gasteiger partial charge is 0.257 e. The Morgan fingerprint density at radius 1 is 1.09 bits per heavy atom. The minimum Gasteiger partial charge on any atom is -0.356 e. The highest BCUT2D eigenvalue weighted by Gasteiger charge is 2.14. The number of aryl methyl sites for hydroxylation is 2. The average molecular weight is 308 g/mol. The van der Waals surface area contributed by atoms with Gasteiger partial charge in [-0.3, -0.25) is 4.79 Å². The number of aromatic nitrogens is 1. The summed E-state index contributed by atoms with van der Waals surface area (Å²) in [6, 6.07) is 14.0. The Hall–Kier alpha value is -2.88. The molecule has 1 amide bonds. The van der Waals surface area contributed by atoms with Crippen LogP contribution in [0.4, 0.5) is 10.1 Å². The highest BCUT2D eigenvalue weighted by molar-refractivity contribution is 6.07. The molecule has 0 saturated carbocycles. The summed E-state index contributed by atoms with van der Waals surface area (Å²) >= 11 is 0. The van der Waals surface area contributed by atoms with Crippen molar-refractivity contribution >= 4 is 11.6 Å². The highest BCUT2D eigenvalue weighted by Crippen LogP contribution is 2.29. The van der Waals surface area contributed by atoms with Gasteiger partial charge in [-0.15, -0.1) is 0 Å². The number of hydrogen-bond acceptors (Lipinski definition) is 1. The zero-order chi connectivity index (χ0) is 16.4. The average Bonchev–Trinajstić information content (AvgIpc) is 2.87. The number of anilines is 1. The Morgan fingerprint density at radius 2 is 1.83 bits per heavy atom. The molecule has 4 heteroatoms. The number of carbonyl (C=O) groups is 1. The normalized spacial score (nSPS) is 10.6. The first kappa shape index (κ1) is 15.0. The minimum atomic E-state index is -0.384. The molecule has 0 fully saturated rings. The number of hydrogen-bond donors (Lipinski definition) is 1. The molecule has 3 rings (SSSR count). The molecule has 0 bridgehead atoms. The van der Waals surface area contributed by atoms with Gasteiger partial charge in [0.2, 0.25) is 0 Å². The fraction of sp³-hybridized carbons (Fsp3) is 0.105. The summed E-state index contributed by atoms with van der Waals surface area (Å²) in [7, 11) is 1.86. The number of carbonyl (C=O) groups excluding carboxylic acids is 1. The third kappa shape index (κ3) is 3.16. The zero-order valence-electron chi connectivity index (χ0n) is 13.0. The van der Waals surface area contributed by atoms with E-state index in [2.05, 4.69) is 5.32 Å². The van der Waals surface area contributed by atoms with E-state index in [-0.39, 0.29) is 11.7 Å². The van der Waals surface area contributed by atoms with Crippen LogP contribution in [0.2, 0.25) is 0 Å². The minimum absolute atomic E-state index is 0.245. The molecular formula is C19H17FN2O. The van der Waals surface area contributed by atoms with Crippen LogP contribution in [0.3, 0.4) is 0 Å². The first-order valence-electron chi connectivity index (χ1n) is 7.33. The third-order valence-electron chi connectivity index (χ3n) is 3.71. The lowest BCUT2D eigenvalue weighted by Crippen LogP contribution is -2.13. The second-order valence-electron chi connectivity index (χ2n) is 5.53. The van der Waals surface area contributed by atoms with Gasteiger partial charge in [-0.25, -0.2) is 4.39 Å². The number of rotatable bonds is 3. The molecule has 1 aromatic heterocycles.